The average molecular weight is 241 g/mol. The molecule has 1 saturated heterocycles. The Balaban J connectivity index is 1.78. The van der Waals surface area contributed by atoms with Crippen molar-refractivity contribution in [2.45, 2.75) is 44.1 Å². The molecule has 2 aliphatic rings. The number of nitrogens with one attached hydrogen (secondary N) is 1. The van der Waals surface area contributed by atoms with Crippen molar-refractivity contribution in [3.63, 3.8) is 0 Å². The summed E-state index contributed by atoms with van der Waals surface area (Å²) in [6, 6.07) is 0. The summed E-state index contributed by atoms with van der Waals surface area (Å²) in [6.07, 6.45) is 2.35. The summed E-state index contributed by atoms with van der Waals surface area (Å²) >= 11 is 0. The molecule has 2 unspecified atom stereocenters. The van der Waals surface area contributed by atoms with Crippen molar-refractivity contribution in [3.05, 3.63) is 0 Å². The van der Waals surface area contributed by atoms with Gasteiger partial charge in [0.1, 0.15) is 0 Å². The van der Waals surface area contributed by atoms with E-state index in [4.69, 9.17) is 9.76 Å². The molecular weight excluding hydrogens is 225 g/mol. The molecule has 1 aliphatic carbocycles. The van der Waals surface area contributed by atoms with E-state index in [9.17, 15) is 14.6 Å². The van der Waals surface area contributed by atoms with Gasteiger partial charge < -0.3 is 20.1 Å². The number of hydrogen-bond donors (Lipinski definition) is 3. The Morgan fingerprint density at radius 2 is 2.00 bits per heavy atom. The van der Waals surface area contributed by atoms with Gasteiger partial charge in [-0.3, -0.25) is 9.59 Å². The minimum atomic E-state index is -1.10. The second-order valence-corrected chi connectivity index (χ2v) is 4.71. The molecule has 0 aromatic rings. The molecule has 0 aromatic carbocycles. The van der Waals surface area contributed by atoms with Crippen LogP contribution in [0.4, 0.5) is 0 Å². The summed E-state index contributed by atoms with van der Waals surface area (Å²) in [7, 11) is -1.10. The van der Waals surface area contributed by atoms with Crippen molar-refractivity contribution < 1.29 is 24.4 Å². The lowest BCUT2D eigenvalue weighted by Gasteiger charge is -2.30. The highest BCUT2D eigenvalue weighted by molar-refractivity contribution is 6.45. The van der Waals surface area contributed by atoms with Gasteiger partial charge in [-0.25, -0.2) is 0 Å². The van der Waals surface area contributed by atoms with Gasteiger partial charge in [-0.05, 0) is 25.7 Å². The van der Waals surface area contributed by atoms with E-state index in [1.165, 1.54) is 0 Å². The van der Waals surface area contributed by atoms with Crippen molar-refractivity contribution in [2.75, 3.05) is 0 Å². The van der Waals surface area contributed by atoms with Crippen LogP contribution in [-0.4, -0.2) is 41.2 Å². The van der Waals surface area contributed by atoms with E-state index in [0.29, 0.717) is 12.8 Å². The van der Waals surface area contributed by atoms with Gasteiger partial charge in [-0.15, -0.1) is 0 Å². The molecule has 0 aromatic heterocycles. The van der Waals surface area contributed by atoms with E-state index >= 15 is 0 Å². The molecule has 94 valence electrons. The summed E-state index contributed by atoms with van der Waals surface area (Å²) in [4.78, 5) is 22.0. The van der Waals surface area contributed by atoms with Gasteiger partial charge in [0.05, 0.1) is 18.5 Å². The van der Waals surface area contributed by atoms with Crippen LogP contribution in [0.3, 0.4) is 0 Å². The molecule has 1 amide bonds. The Morgan fingerprint density at radius 1 is 1.29 bits per heavy atom. The first-order valence-corrected chi connectivity index (χ1v) is 5.92. The molecule has 1 aliphatic heterocycles. The van der Waals surface area contributed by atoms with E-state index in [1.54, 1.807) is 0 Å². The van der Waals surface area contributed by atoms with Crippen molar-refractivity contribution in [2.24, 2.45) is 5.92 Å². The smallest absolute Gasteiger partial charge is 0.478 e. The highest BCUT2D eigenvalue weighted by Gasteiger charge is 2.39. The number of carbonyl (C=O) groups is 2. The molecule has 7 heteroatoms. The van der Waals surface area contributed by atoms with Crippen LogP contribution in [0, 0.1) is 5.92 Å². The average Bonchev–Trinajstić information content (AvgIpc) is 3.04. The van der Waals surface area contributed by atoms with Gasteiger partial charge in [0, 0.05) is 5.92 Å². The summed E-state index contributed by atoms with van der Waals surface area (Å²) in [5, 5.41) is 21.0. The van der Waals surface area contributed by atoms with Crippen LogP contribution in [0.1, 0.15) is 32.1 Å². The molecule has 2 fully saturated rings. The van der Waals surface area contributed by atoms with Crippen molar-refractivity contribution in [1.29, 1.82) is 0 Å². The fourth-order valence-electron chi connectivity index (χ4n) is 2.00. The van der Waals surface area contributed by atoms with E-state index in [1.807, 2.05) is 0 Å². The van der Waals surface area contributed by atoms with Crippen molar-refractivity contribution in [3.8, 4) is 0 Å². The number of aliphatic carboxylic acids is 1. The third kappa shape index (κ3) is 3.44. The van der Waals surface area contributed by atoms with Crippen LogP contribution in [0.2, 0.25) is 0 Å². The third-order valence-corrected chi connectivity index (χ3v) is 3.15. The summed E-state index contributed by atoms with van der Waals surface area (Å²) in [6.45, 7) is 0. The van der Waals surface area contributed by atoms with Gasteiger partial charge in [0.2, 0.25) is 5.91 Å². The molecule has 0 bridgehead atoms. The summed E-state index contributed by atoms with van der Waals surface area (Å²) in [5.74, 6) is -1.29. The molecule has 0 spiro atoms. The molecule has 2 atom stereocenters. The van der Waals surface area contributed by atoms with Crippen LogP contribution < -0.4 is 5.32 Å². The van der Waals surface area contributed by atoms with E-state index in [2.05, 4.69) is 5.32 Å². The molecule has 0 radical (unpaired) electrons. The maximum atomic E-state index is 11.5. The van der Waals surface area contributed by atoms with Gasteiger partial charge in [-0.2, -0.15) is 0 Å². The first kappa shape index (κ1) is 12.4. The largest absolute Gasteiger partial charge is 0.481 e. The fourth-order valence-corrected chi connectivity index (χ4v) is 2.00. The standard InChI is InChI=1S/C10H16BNO5/c13-9(14)5-7-3-4-8(11(16)17-7)12-10(15)6-1-2-6/h6-8,16H,1-5H2,(H,12,15)(H,13,14). The maximum absolute atomic E-state index is 11.5. The summed E-state index contributed by atoms with van der Waals surface area (Å²) < 4.78 is 5.17. The number of carboxylic acids is 1. The first-order valence-electron chi connectivity index (χ1n) is 5.92. The Bertz CT molecular complexity index is 320. The van der Waals surface area contributed by atoms with Crippen LogP contribution in [0.25, 0.3) is 0 Å². The molecule has 1 heterocycles. The van der Waals surface area contributed by atoms with Gasteiger partial charge >= 0.3 is 13.1 Å². The Kier molecular flexibility index (Phi) is 3.68. The van der Waals surface area contributed by atoms with Gasteiger partial charge in [0.15, 0.2) is 0 Å². The van der Waals surface area contributed by atoms with Crippen molar-refractivity contribution >= 4 is 19.0 Å². The van der Waals surface area contributed by atoms with Gasteiger partial charge in [0.25, 0.3) is 0 Å². The zero-order valence-corrected chi connectivity index (χ0v) is 9.46. The molecule has 2 rings (SSSR count). The predicted molar refractivity (Wildman–Crippen MR) is 59.0 cm³/mol. The normalized spacial score (nSPS) is 28.9. The Morgan fingerprint density at radius 3 is 2.53 bits per heavy atom. The highest BCUT2D eigenvalue weighted by atomic mass is 16.5. The topological polar surface area (TPSA) is 95.9 Å². The Hall–Kier alpha value is -1.08. The van der Waals surface area contributed by atoms with E-state index in [-0.39, 0.29) is 18.2 Å². The fraction of sp³-hybridized carbons (Fsp3) is 0.800. The lowest BCUT2D eigenvalue weighted by atomic mass is 9.72. The zero-order chi connectivity index (χ0) is 12.4. The number of amides is 1. The van der Waals surface area contributed by atoms with Crippen LogP contribution in [-0.2, 0) is 14.2 Å². The SMILES string of the molecule is O=C(O)CC1CCC(NC(=O)C2CC2)B(O)O1. The van der Waals surface area contributed by atoms with Crippen LogP contribution in [0.5, 0.6) is 0 Å². The molecule has 6 nitrogen and oxygen atoms in total. The quantitative estimate of drug-likeness (QED) is 0.579. The maximum Gasteiger partial charge on any atom is 0.478 e. The lowest BCUT2D eigenvalue weighted by molar-refractivity contribution is -0.139. The van der Waals surface area contributed by atoms with Crippen LogP contribution in [0.15, 0.2) is 0 Å². The third-order valence-electron chi connectivity index (χ3n) is 3.15. The number of hydrogen-bond acceptors (Lipinski definition) is 4. The lowest BCUT2D eigenvalue weighted by Crippen LogP contribution is -2.53. The summed E-state index contributed by atoms with van der Waals surface area (Å²) in [5.41, 5.74) is 0. The Labute approximate surface area is 99.5 Å². The van der Waals surface area contributed by atoms with Crippen molar-refractivity contribution in [1.82, 2.24) is 5.32 Å². The highest BCUT2D eigenvalue weighted by Crippen LogP contribution is 2.29. The molecule has 17 heavy (non-hydrogen) atoms. The van der Waals surface area contributed by atoms with E-state index < -0.39 is 25.1 Å². The van der Waals surface area contributed by atoms with Crippen LogP contribution >= 0.6 is 0 Å². The first-order chi connectivity index (χ1) is 8.06. The van der Waals surface area contributed by atoms with E-state index in [0.717, 1.165) is 12.8 Å². The zero-order valence-electron chi connectivity index (χ0n) is 9.46. The number of carbonyl (C=O) groups excluding carboxylic acids is 1. The minimum absolute atomic E-state index is 0.0330. The second-order valence-electron chi connectivity index (χ2n) is 4.71. The monoisotopic (exact) mass is 241 g/mol. The number of rotatable bonds is 4. The molecule has 1 saturated carbocycles. The predicted octanol–water partition coefficient (Wildman–Crippen LogP) is -0.445. The number of carboxylic acid groups (broad SMARTS) is 1. The van der Waals surface area contributed by atoms with Gasteiger partial charge in [-0.1, -0.05) is 0 Å². The second kappa shape index (κ2) is 5.06. The molecular formula is C10H16BNO5. The molecule has 3 N–H and O–H groups in total. The minimum Gasteiger partial charge on any atom is -0.481 e.